The van der Waals surface area contributed by atoms with Crippen LogP contribution in [0, 0.1) is 0 Å². The average Bonchev–Trinajstić information content (AvgIpc) is 2.45. The predicted octanol–water partition coefficient (Wildman–Crippen LogP) is -0.0309. The van der Waals surface area contributed by atoms with Gasteiger partial charge in [-0.15, -0.1) is 0 Å². The maximum atomic E-state index is 11.3. The summed E-state index contributed by atoms with van der Waals surface area (Å²) >= 11 is 0. The quantitative estimate of drug-likeness (QED) is 0.531. The van der Waals surface area contributed by atoms with Crippen molar-refractivity contribution in [3.05, 3.63) is 0 Å². The molecular formula is C8H14N2O. The van der Waals surface area contributed by atoms with Crippen molar-refractivity contribution in [2.75, 3.05) is 13.1 Å². The van der Waals surface area contributed by atoms with Crippen LogP contribution >= 0.6 is 0 Å². The number of nitrogens with one attached hydrogen (secondary N) is 1. The molecule has 2 aliphatic rings. The molecule has 0 aromatic carbocycles. The number of nitrogens with zero attached hydrogens (tertiary/aromatic N) is 1. The minimum Gasteiger partial charge on any atom is -0.353 e. The van der Waals surface area contributed by atoms with Crippen LogP contribution < -0.4 is 5.32 Å². The van der Waals surface area contributed by atoms with Gasteiger partial charge in [0.15, 0.2) is 0 Å². The van der Waals surface area contributed by atoms with Crippen LogP contribution in [0.15, 0.2) is 0 Å². The number of carbonyl (C=O) groups is 1. The number of fused-ring (bicyclic) bond motifs is 1. The smallest absolute Gasteiger partial charge is 0.237 e. The molecule has 62 valence electrons. The zero-order chi connectivity index (χ0) is 7.84. The molecule has 2 atom stereocenters. The summed E-state index contributed by atoms with van der Waals surface area (Å²) in [5.74, 6) is 0.237. The van der Waals surface area contributed by atoms with Gasteiger partial charge in [-0.2, -0.15) is 0 Å². The van der Waals surface area contributed by atoms with Crippen molar-refractivity contribution in [1.29, 1.82) is 0 Å². The van der Waals surface area contributed by atoms with Crippen molar-refractivity contribution in [2.45, 2.75) is 31.8 Å². The maximum Gasteiger partial charge on any atom is 0.237 e. The molecule has 2 fully saturated rings. The first-order valence-corrected chi connectivity index (χ1v) is 4.32. The third-order valence-electron chi connectivity index (χ3n) is 2.73. The highest BCUT2D eigenvalue weighted by Gasteiger charge is 2.36. The van der Waals surface area contributed by atoms with Crippen LogP contribution in [0.4, 0.5) is 0 Å². The summed E-state index contributed by atoms with van der Waals surface area (Å²) in [6.45, 7) is 4.12. The van der Waals surface area contributed by atoms with Gasteiger partial charge in [0.1, 0.15) is 0 Å². The van der Waals surface area contributed by atoms with E-state index >= 15 is 0 Å². The Morgan fingerprint density at radius 1 is 1.64 bits per heavy atom. The van der Waals surface area contributed by atoms with E-state index in [0.29, 0.717) is 6.04 Å². The van der Waals surface area contributed by atoms with Crippen LogP contribution in [0.1, 0.15) is 19.8 Å². The first-order valence-electron chi connectivity index (χ1n) is 4.32. The van der Waals surface area contributed by atoms with Gasteiger partial charge in [-0.3, -0.25) is 9.69 Å². The summed E-state index contributed by atoms with van der Waals surface area (Å²) < 4.78 is 0. The molecule has 0 radical (unpaired) electrons. The second-order valence-electron chi connectivity index (χ2n) is 3.49. The Labute approximate surface area is 66.8 Å². The first-order chi connectivity index (χ1) is 5.29. The van der Waals surface area contributed by atoms with E-state index in [9.17, 15) is 4.79 Å². The third kappa shape index (κ3) is 1.03. The average molecular weight is 154 g/mol. The van der Waals surface area contributed by atoms with Crippen LogP contribution in [0.3, 0.4) is 0 Å². The summed E-state index contributed by atoms with van der Waals surface area (Å²) in [6.07, 6.45) is 2.23. The third-order valence-corrected chi connectivity index (χ3v) is 2.73. The van der Waals surface area contributed by atoms with E-state index in [1.807, 2.05) is 0 Å². The Hall–Kier alpha value is -0.570. The second-order valence-corrected chi connectivity index (χ2v) is 3.49. The highest BCUT2D eigenvalue weighted by molar-refractivity contribution is 5.82. The number of hydrogen-bond donors (Lipinski definition) is 1. The molecule has 2 rings (SSSR count). The van der Waals surface area contributed by atoms with E-state index in [1.165, 1.54) is 6.42 Å². The van der Waals surface area contributed by atoms with Gasteiger partial charge in [0.05, 0.1) is 6.04 Å². The topological polar surface area (TPSA) is 32.3 Å². The van der Waals surface area contributed by atoms with E-state index in [-0.39, 0.29) is 11.9 Å². The Kier molecular flexibility index (Phi) is 1.60. The molecule has 0 aromatic rings. The molecule has 0 unspecified atom stereocenters. The molecular weight excluding hydrogens is 140 g/mol. The molecule has 3 nitrogen and oxygen atoms in total. The molecule has 0 saturated carbocycles. The van der Waals surface area contributed by atoms with Gasteiger partial charge in [-0.1, -0.05) is 0 Å². The molecule has 2 saturated heterocycles. The number of carbonyl (C=O) groups excluding carboxylic acids is 1. The van der Waals surface area contributed by atoms with E-state index in [2.05, 4.69) is 17.1 Å². The summed E-state index contributed by atoms with van der Waals surface area (Å²) in [7, 11) is 0. The predicted molar refractivity (Wildman–Crippen MR) is 42.2 cm³/mol. The van der Waals surface area contributed by atoms with Crippen LogP contribution in [-0.2, 0) is 4.79 Å². The van der Waals surface area contributed by atoms with E-state index < -0.39 is 0 Å². The van der Waals surface area contributed by atoms with E-state index in [1.54, 1.807) is 0 Å². The summed E-state index contributed by atoms with van der Waals surface area (Å²) in [5, 5.41) is 2.92. The van der Waals surface area contributed by atoms with Crippen molar-refractivity contribution in [3.63, 3.8) is 0 Å². The van der Waals surface area contributed by atoms with Gasteiger partial charge in [-0.05, 0) is 26.3 Å². The van der Waals surface area contributed by atoms with Crippen LogP contribution in [0.25, 0.3) is 0 Å². The second kappa shape index (κ2) is 2.48. The minimum atomic E-state index is 0.193. The first kappa shape index (κ1) is 7.10. The molecule has 1 N–H and O–H groups in total. The van der Waals surface area contributed by atoms with Crippen molar-refractivity contribution < 1.29 is 4.79 Å². The lowest BCUT2D eigenvalue weighted by Crippen LogP contribution is -2.56. The van der Waals surface area contributed by atoms with Crippen LogP contribution in [-0.4, -0.2) is 36.0 Å². The van der Waals surface area contributed by atoms with Crippen molar-refractivity contribution in [3.8, 4) is 0 Å². The summed E-state index contributed by atoms with van der Waals surface area (Å²) in [5.41, 5.74) is 0. The maximum absolute atomic E-state index is 11.3. The Bertz CT molecular complexity index is 181. The van der Waals surface area contributed by atoms with E-state index in [0.717, 1.165) is 19.5 Å². The molecule has 1 amide bonds. The Morgan fingerprint density at radius 2 is 2.45 bits per heavy atom. The lowest BCUT2D eigenvalue weighted by Gasteiger charge is -2.34. The number of amides is 1. The zero-order valence-corrected chi connectivity index (χ0v) is 6.84. The highest BCUT2D eigenvalue weighted by atomic mass is 16.2. The molecule has 3 heteroatoms. The Morgan fingerprint density at radius 3 is 3.18 bits per heavy atom. The van der Waals surface area contributed by atoms with Crippen molar-refractivity contribution in [2.24, 2.45) is 0 Å². The fourth-order valence-electron chi connectivity index (χ4n) is 2.08. The molecule has 2 heterocycles. The molecule has 0 aromatic heterocycles. The molecule has 11 heavy (non-hydrogen) atoms. The molecule has 0 spiro atoms. The normalized spacial score (nSPS) is 38.5. The van der Waals surface area contributed by atoms with Gasteiger partial charge in [-0.25, -0.2) is 0 Å². The van der Waals surface area contributed by atoms with Gasteiger partial charge in [0.25, 0.3) is 0 Å². The largest absolute Gasteiger partial charge is 0.353 e. The van der Waals surface area contributed by atoms with E-state index in [4.69, 9.17) is 0 Å². The van der Waals surface area contributed by atoms with Crippen LogP contribution in [0.5, 0.6) is 0 Å². The fourth-order valence-corrected chi connectivity index (χ4v) is 2.08. The number of rotatable bonds is 0. The lowest BCUT2D eigenvalue weighted by molar-refractivity contribution is -0.129. The molecule has 0 bridgehead atoms. The number of hydrogen-bond acceptors (Lipinski definition) is 2. The minimum absolute atomic E-state index is 0.193. The highest BCUT2D eigenvalue weighted by Crippen LogP contribution is 2.22. The van der Waals surface area contributed by atoms with Gasteiger partial charge >= 0.3 is 0 Å². The van der Waals surface area contributed by atoms with Crippen molar-refractivity contribution >= 4 is 5.91 Å². The SMILES string of the molecule is C[C@H]1CNC(=O)[C@H]2CCCN21. The standard InChI is InChI=1S/C8H14N2O/c1-6-5-9-8(11)7-3-2-4-10(6)7/h6-7H,2-5H2,1H3,(H,9,11)/t6-,7+/m0/s1. The fraction of sp³-hybridized carbons (Fsp3) is 0.875. The molecule has 2 aliphatic heterocycles. The molecule has 0 aliphatic carbocycles. The lowest BCUT2D eigenvalue weighted by atomic mass is 10.1. The van der Waals surface area contributed by atoms with Crippen molar-refractivity contribution in [1.82, 2.24) is 10.2 Å². The van der Waals surface area contributed by atoms with Gasteiger partial charge in [0.2, 0.25) is 5.91 Å². The zero-order valence-electron chi connectivity index (χ0n) is 6.84. The van der Waals surface area contributed by atoms with Gasteiger partial charge in [0, 0.05) is 12.6 Å². The Balaban J connectivity index is 2.14. The van der Waals surface area contributed by atoms with Crippen LogP contribution in [0.2, 0.25) is 0 Å². The number of piperazine rings is 1. The van der Waals surface area contributed by atoms with Gasteiger partial charge < -0.3 is 5.32 Å². The summed E-state index contributed by atoms with van der Waals surface area (Å²) in [4.78, 5) is 13.6. The monoisotopic (exact) mass is 154 g/mol. The summed E-state index contributed by atoms with van der Waals surface area (Å²) in [6, 6.07) is 0.735.